The summed E-state index contributed by atoms with van der Waals surface area (Å²) < 4.78 is 41.6. The molecule has 0 aromatic carbocycles. The van der Waals surface area contributed by atoms with Gasteiger partial charge >= 0.3 is 6.18 Å². The quantitative estimate of drug-likeness (QED) is 0.906. The predicted molar refractivity (Wildman–Crippen MR) is 75.5 cm³/mol. The van der Waals surface area contributed by atoms with Crippen molar-refractivity contribution in [1.29, 1.82) is 0 Å². The number of halogens is 3. The monoisotopic (exact) mass is 340 g/mol. The summed E-state index contributed by atoms with van der Waals surface area (Å²) in [7, 11) is 0. The van der Waals surface area contributed by atoms with Gasteiger partial charge in [0, 0.05) is 18.8 Å². The van der Waals surface area contributed by atoms with Gasteiger partial charge in [0.1, 0.15) is 5.41 Å². The molecule has 1 aliphatic carbocycles. The summed E-state index contributed by atoms with van der Waals surface area (Å²) in [4.78, 5) is 13.9. The van der Waals surface area contributed by atoms with E-state index >= 15 is 0 Å². The summed E-state index contributed by atoms with van der Waals surface area (Å²) in [5.41, 5.74) is -0.672. The highest BCUT2D eigenvalue weighted by Crippen LogP contribution is 2.59. The van der Waals surface area contributed by atoms with Crippen LogP contribution in [0.4, 0.5) is 13.2 Å². The number of carbonyl (C=O) groups is 1. The van der Waals surface area contributed by atoms with Gasteiger partial charge in [-0.15, -0.1) is 10.2 Å². The lowest BCUT2D eigenvalue weighted by Crippen LogP contribution is -2.48. The third kappa shape index (κ3) is 1.98. The number of rotatable bonds is 2. The number of aromatic nitrogens is 5. The number of carbonyl (C=O) groups excluding carboxylic acids is 1. The summed E-state index contributed by atoms with van der Waals surface area (Å²) in [6, 6.07) is 3.15. The number of hydrogen-bond acceptors (Lipinski definition) is 4. The molecule has 1 amide bonds. The molecule has 128 valence electrons. The van der Waals surface area contributed by atoms with Crippen LogP contribution in [0, 0.1) is 5.41 Å². The Hall–Kier alpha value is -2.39. The Balaban J connectivity index is 1.64. The van der Waals surface area contributed by atoms with Crippen LogP contribution < -0.4 is 0 Å². The van der Waals surface area contributed by atoms with Crippen LogP contribution in [0.2, 0.25) is 0 Å². The molecule has 1 atom stereocenters. The van der Waals surface area contributed by atoms with E-state index in [2.05, 4.69) is 20.6 Å². The van der Waals surface area contributed by atoms with Gasteiger partial charge in [-0.1, -0.05) is 0 Å². The number of nitrogens with one attached hydrogen (secondary N) is 1. The van der Waals surface area contributed by atoms with Crippen molar-refractivity contribution in [3.8, 4) is 11.5 Å². The van der Waals surface area contributed by atoms with Gasteiger partial charge in [-0.2, -0.15) is 18.4 Å². The lowest BCUT2D eigenvalue weighted by atomic mass is 10.0. The maximum atomic E-state index is 13.2. The Morgan fingerprint density at radius 1 is 1.33 bits per heavy atom. The Morgan fingerprint density at radius 2 is 2.08 bits per heavy atom. The van der Waals surface area contributed by atoms with E-state index in [1.807, 2.05) is 4.57 Å². The van der Waals surface area contributed by atoms with Crippen LogP contribution in [-0.4, -0.2) is 48.7 Å². The maximum Gasteiger partial charge on any atom is 0.403 e. The number of hydrogen-bond donors (Lipinski definition) is 1. The Labute approximate surface area is 134 Å². The molecule has 1 saturated carbocycles. The van der Waals surface area contributed by atoms with Crippen LogP contribution in [-0.2, 0) is 11.3 Å². The van der Waals surface area contributed by atoms with Gasteiger partial charge < -0.3 is 9.47 Å². The summed E-state index contributed by atoms with van der Waals surface area (Å²) in [5, 5.41) is 13.8. The number of nitrogens with zero attached hydrogens (tertiary/aromatic N) is 5. The van der Waals surface area contributed by atoms with Crippen LogP contribution in [0.5, 0.6) is 0 Å². The third-order valence-electron chi connectivity index (χ3n) is 5.01. The SMILES string of the molecule is CC1c2ccc(-c3nn[nH]n3)n2CCN1C(=O)C1(C(F)(F)F)CC1. The van der Waals surface area contributed by atoms with Gasteiger partial charge in [-0.25, -0.2) is 0 Å². The number of aromatic amines is 1. The predicted octanol–water partition coefficient (Wildman–Crippen LogP) is 1.91. The van der Waals surface area contributed by atoms with Crippen LogP contribution in [0.25, 0.3) is 11.5 Å². The Bertz CT molecular complexity index is 777. The van der Waals surface area contributed by atoms with Gasteiger partial charge in [-0.3, -0.25) is 4.79 Å². The second kappa shape index (κ2) is 4.81. The molecule has 24 heavy (non-hydrogen) atoms. The first-order valence-corrected chi connectivity index (χ1v) is 7.66. The first-order chi connectivity index (χ1) is 11.3. The van der Waals surface area contributed by atoms with Crippen molar-refractivity contribution in [3.63, 3.8) is 0 Å². The number of H-pyrrole nitrogens is 1. The lowest BCUT2D eigenvalue weighted by molar-refractivity contribution is -0.200. The van der Waals surface area contributed by atoms with E-state index in [-0.39, 0.29) is 19.4 Å². The largest absolute Gasteiger partial charge is 0.403 e. The second-order valence-corrected chi connectivity index (χ2v) is 6.28. The highest BCUT2D eigenvalue weighted by atomic mass is 19.4. The average molecular weight is 340 g/mol. The molecule has 0 bridgehead atoms. The molecule has 3 heterocycles. The van der Waals surface area contributed by atoms with Gasteiger partial charge in [0.2, 0.25) is 11.7 Å². The lowest BCUT2D eigenvalue weighted by Gasteiger charge is -2.38. The van der Waals surface area contributed by atoms with E-state index in [9.17, 15) is 18.0 Å². The number of fused-ring (bicyclic) bond motifs is 1. The molecule has 0 radical (unpaired) electrons. The number of tetrazole rings is 1. The zero-order chi connectivity index (χ0) is 17.1. The number of amides is 1. The van der Waals surface area contributed by atoms with E-state index in [0.29, 0.717) is 12.4 Å². The van der Waals surface area contributed by atoms with E-state index in [0.717, 1.165) is 11.4 Å². The molecule has 10 heteroatoms. The van der Waals surface area contributed by atoms with Crippen LogP contribution in [0.15, 0.2) is 12.1 Å². The minimum absolute atomic E-state index is 0.117. The summed E-state index contributed by atoms with van der Waals surface area (Å²) in [5.74, 6) is -0.391. The Morgan fingerprint density at radius 3 is 2.67 bits per heavy atom. The first kappa shape index (κ1) is 15.2. The molecular weight excluding hydrogens is 325 g/mol. The van der Waals surface area contributed by atoms with Crippen LogP contribution in [0.3, 0.4) is 0 Å². The van der Waals surface area contributed by atoms with Crippen molar-refractivity contribution < 1.29 is 18.0 Å². The molecule has 0 spiro atoms. The van der Waals surface area contributed by atoms with E-state index < -0.39 is 23.5 Å². The molecular formula is C14H15F3N6O. The second-order valence-electron chi connectivity index (χ2n) is 6.28. The van der Waals surface area contributed by atoms with Gasteiger partial charge in [0.25, 0.3) is 0 Å². The zero-order valence-electron chi connectivity index (χ0n) is 12.8. The van der Waals surface area contributed by atoms with Crippen LogP contribution in [0.1, 0.15) is 31.5 Å². The zero-order valence-corrected chi connectivity index (χ0v) is 12.8. The minimum atomic E-state index is -4.49. The third-order valence-corrected chi connectivity index (χ3v) is 5.01. The van der Waals surface area contributed by atoms with Crippen molar-refractivity contribution in [1.82, 2.24) is 30.1 Å². The van der Waals surface area contributed by atoms with Gasteiger partial charge in [0.05, 0.1) is 11.7 Å². The molecule has 7 nitrogen and oxygen atoms in total. The van der Waals surface area contributed by atoms with Crippen molar-refractivity contribution in [2.24, 2.45) is 5.41 Å². The fraction of sp³-hybridized carbons (Fsp3) is 0.571. The fourth-order valence-corrected chi connectivity index (χ4v) is 3.42. The van der Waals surface area contributed by atoms with Crippen molar-refractivity contribution in [3.05, 3.63) is 17.8 Å². The van der Waals surface area contributed by atoms with Gasteiger partial charge in [0.15, 0.2) is 0 Å². The van der Waals surface area contributed by atoms with E-state index in [4.69, 9.17) is 0 Å². The molecule has 1 N–H and O–H groups in total. The van der Waals surface area contributed by atoms with Gasteiger partial charge in [-0.05, 0) is 37.1 Å². The highest BCUT2D eigenvalue weighted by Gasteiger charge is 2.69. The standard InChI is InChI=1S/C14H15F3N6O/c1-8-9-2-3-10(11-18-20-21-19-11)23(9)7-6-22(8)12(24)13(4-5-13)14(15,16)17/h2-3,8H,4-7H2,1H3,(H,18,19,20,21). The minimum Gasteiger partial charge on any atom is -0.338 e. The molecule has 2 aromatic rings. The summed E-state index contributed by atoms with van der Waals surface area (Å²) >= 11 is 0. The average Bonchev–Trinajstić information content (AvgIpc) is 2.99. The topological polar surface area (TPSA) is 79.7 Å². The smallest absolute Gasteiger partial charge is 0.338 e. The normalized spacial score (nSPS) is 22.3. The Kier molecular flexibility index (Phi) is 3.03. The highest BCUT2D eigenvalue weighted by molar-refractivity contribution is 5.86. The van der Waals surface area contributed by atoms with Crippen molar-refractivity contribution in [2.45, 2.75) is 38.5 Å². The van der Waals surface area contributed by atoms with E-state index in [1.165, 1.54) is 4.90 Å². The fourth-order valence-electron chi connectivity index (χ4n) is 3.42. The van der Waals surface area contributed by atoms with Crippen molar-refractivity contribution >= 4 is 5.91 Å². The molecule has 1 fully saturated rings. The number of alkyl halides is 3. The molecule has 0 saturated heterocycles. The van der Waals surface area contributed by atoms with Crippen molar-refractivity contribution in [2.75, 3.05) is 6.54 Å². The maximum absolute atomic E-state index is 13.2. The molecule has 2 aliphatic rings. The summed E-state index contributed by atoms with van der Waals surface area (Å²) in [6.45, 7) is 2.37. The van der Waals surface area contributed by atoms with Crippen LogP contribution >= 0.6 is 0 Å². The molecule has 1 unspecified atom stereocenters. The molecule has 1 aliphatic heterocycles. The van der Waals surface area contributed by atoms with E-state index in [1.54, 1.807) is 19.1 Å². The molecule has 2 aromatic heterocycles. The summed E-state index contributed by atoms with van der Waals surface area (Å²) in [6.07, 6.45) is -4.72. The molecule has 4 rings (SSSR count). The first-order valence-electron chi connectivity index (χ1n) is 7.66.